The van der Waals surface area contributed by atoms with Gasteiger partial charge in [0, 0.05) is 25.4 Å². The first-order chi connectivity index (χ1) is 9.69. The topological polar surface area (TPSA) is 36.4 Å². The van der Waals surface area contributed by atoms with E-state index in [1.54, 1.807) is 13.1 Å². The molecule has 6 heteroatoms. The van der Waals surface area contributed by atoms with Gasteiger partial charge in [-0.05, 0) is 52.2 Å². The number of hydrogen-bond donors (Lipinski definition) is 2. The van der Waals surface area contributed by atoms with E-state index in [2.05, 4.69) is 31.6 Å². The van der Waals surface area contributed by atoms with Gasteiger partial charge in [-0.1, -0.05) is 6.07 Å². The van der Waals surface area contributed by atoms with Gasteiger partial charge in [0.25, 0.3) is 0 Å². The average molecular weight is 360 g/mol. The Morgan fingerprint density at radius 3 is 3.00 bits per heavy atom. The summed E-state index contributed by atoms with van der Waals surface area (Å²) in [6.45, 7) is 1.49. The van der Waals surface area contributed by atoms with Crippen LogP contribution >= 0.6 is 27.7 Å². The number of halogens is 2. The normalized spacial score (nSPS) is 19.1. The Labute approximate surface area is 131 Å². The first kappa shape index (κ1) is 15.6. The Hall–Kier alpha value is -0.750. The van der Waals surface area contributed by atoms with Gasteiger partial charge in [0.15, 0.2) is 5.96 Å². The average Bonchev–Trinajstić information content (AvgIpc) is 2.96. The summed E-state index contributed by atoms with van der Waals surface area (Å²) in [7, 11) is 1.75. The zero-order chi connectivity index (χ0) is 14.4. The molecule has 3 nitrogen and oxygen atoms in total. The van der Waals surface area contributed by atoms with E-state index in [4.69, 9.17) is 0 Å². The molecule has 20 heavy (non-hydrogen) atoms. The van der Waals surface area contributed by atoms with E-state index in [-0.39, 0.29) is 5.82 Å². The molecule has 1 aromatic rings. The lowest BCUT2D eigenvalue weighted by atomic mass is 10.2. The van der Waals surface area contributed by atoms with Gasteiger partial charge in [-0.3, -0.25) is 4.99 Å². The van der Waals surface area contributed by atoms with Crippen LogP contribution in [-0.2, 0) is 6.54 Å². The molecule has 0 aromatic heterocycles. The SMILES string of the molecule is CN=C(NCc1ccc(Br)c(F)c1)NCC1CCCS1. The summed E-state index contributed by atoms with van der Waals surface area (Å²) in [6, 6.07) is 5.13. The quantitative estimate of drug-likeness (QED) is 0.640. The summed E-state index contributed by atoms with van der Waals surface area (Å²) in [6.07, 6.45) is 2.58. The molecule has 0 radical (unpaired) electrons. The van der Waals surface area contributed by atoms with Crippen molar-refractivity contribution in [3.8, 4) is 0 Å². The lowest BCUT2D eigenvalue weighted by molar-refractivity contribution is 0.617. The number of rotatable bonds is 4. The molecule has 1 fully saturated rings. The minimum absolute atomic E-state index is 0.241. The Morgan fingerprint density at radius 2 is 2.35 bits per heavy atom. The third-order valence-corrected chi connectivity index (χ3v) is 5.23. The number of hydrogen-bond acceptors (Lipinski definition) is 2. The van der Waals surface area contributed by atoms with E-state index in [1.807, 2.05) is 17.8 Å². The van der Waals surface area contributed by atoms with Crippen molar-refractivity contribution in [3.05, 3.63) is 34.1 Å². The molecule has 110 valence electrons. The van der Waals surface area contributed by atoms with Crippen LogP contribution in [0.25, 0.3) is 0 Å². The molecule has 1 heterocycles. The summed E-state index contributed by atoms with van der Waals surface area (Å²) in [5.74, 6) is 1.78. The maximum absolute atomic E-state index is 13.4. The minimum atomic E-state index is -0.241. The van der Waals surface area contributed by atoms with Crippen LogP contribution in [-0.4, -0.2) is 30.6 Å². The van der Waals surface area contributed by atoms with E-state index in [0.717, 1.165) is 18.1 Å². The van der Waals surface area contributed by atoms with Crippen molar-refractivity contribution in [2.75, 3.05) is 19.3 Å². The molecule has 0 aliphatic carbocycles. The molecule has 1 unspecified atom stereocenters. The maximum atomic E-state index is 13.4. The van der Waals surface area contributed by atoms with Crippen LogP contribution in [0.2, 0.25) is 0 Å². The van der Waals surface area contributed by atoms with Crippen molar-refractivity contribution < 1.29 is 4.39 Å². The predicted molar refractivity (Wildman–Crippen MR) is 87.8 cm³/mol. The van der Waals surface area contributed by atoms with E-state index >= 15 is 0 Å². The molecule has 2 N–H and O–H groups in total. The fourth-order valence-corrected chi connectivity index (χ4v) is 3.52. The van der Waals surface area contributed by atoms with Crippen molar-refractivity contribution in [3.63, 3.8) is 0 Å². The number of aliphatic imine (C=N–C) groups is 1. The highest BCUT2D eigenvalue weighted by molar-refractivity contribution is 9.10. The Kier molecular flexibility index (Phi) is 6.16. The third kappa shape index (κ3) is 4.66. The zero-order valence-electron chi connectivity index (χ0n) is 11.5. The fourth-order valence-electron chi connectivity index (χ4n) is 2.07. The van der Waals surface area contributed by atoms with Gasteiger partial charge in [0.2, 0.25) is 0 Å². The summed E-state index contributed by atoms with van der Waals surface area (Å²) < 4.78 is 13.9. The second-order valence-corrected chi connectivity index (χ2v) is 6.95. The molecule has 1 aliphatic heterocycles. The lowest BCUT2D eigenvalue weighted by Gasteiger charge is -2.15. The summed E-state index contributed by atoms with van der Waals surface area (Å²) in [4.78, 5) is 4.19. The van der Waals surface area contributed by atoms with E-state index in [9.17, 15) is 4.39 Å². The smallest absolute Gasteiger partial charge is 0.191 e. The monoisotopic (exact) mass is 359 g/mol. The van der Waals surface area contributed by atoms with Crippen LogP contribution in [0.4, 0.5) is 4.39 Å². The number of guanidine groups is 1. The number of benzene rings is 1. The molecule has 0 amide bonds. The van der Waals surface area contributed by atoms with Crippen LogP contribution in [0.5, 0.6) is 0 Å². The second-order valence-electron chi connectivity index (χ2n) is 4.69. The second kappa shape index (κ2) is 7.88. The number of nitrogens with zero attached hydrogens (tertiary/aromatic N) is 1. The van der Waals surface area contributed by atoms with E-state index in [0.29, 0.717) is 16.3 Å². The summed E-state index contributed by atoms with van der Waals surface area (Å²) in [5.41, 5.74) is 0.892. The van der Waals surface area contributed by atoms with Crippen LogP contribution in [0, 0.1) is 5.82 Å². The van der Waals surface area contributed by atoms with Crippen LogP contribution in [0.15, 0.2) is 27.7 Å². The highest BCUT2D eigenvalue weighted by Gasteiger charge is 2.15. The molecular weight excluding hydrogens is 341 g/mol. The van der Waals surface area contributed by atoms with Crippen molar-refractivity contribution >= 4 is 33.7 Å². The first-order valence-electron chi connectivity index (χ1n) is 6.69. The molecule has 1 atom stereocenters. The Morgan fingerprint density at radius 1 is 1.50 bits per heavy atom. The van der Waals surface area contributed by atoms with E-state index < -0.39 is 0 Å². The van der Waals surface area contributed by atoms with Gasteiger partial charge in [0.05, 0.1) is 4.47 Å². The predicted octanol–water partition coefficient (Wildman–Crippen LogP) is 3.15. The fraction of sp³-hybridized carbons (Fsp3) is 0.500. The van der Waals surface area contributed by atoms with Crippen LogP contribution in [0.3, 0.4) is 0 Å². The molecule has 0 bridgehead atoms. The van der Waals surface area contributed by atoms with Gasteiger partial charge in [-0.15, -0.1) is 0 Å². The van der Waals surface area contributed by atoms with Crippen molar-refractivity contribution in [1.82, 2.24) is 10.6 Å². The Balaban J connectivity index is 1.79. The molecule has 1 aromatic carbocycles. The Bertz CT molecular complexity index is 475. The molecule has 0 saturated carbocycles. The van der Waals surface area contributed by atoms with Crippen LogP contribution < -0.4 is 10.6 Å². The van der Waals surface area contributed by atoms with Crippen molar-refractivity contribution in [1.29, 1.82) is 0 Å². The molecular formula is C14H19BrFN3S. The molecule has 1 aliphatic rings. The molecule has 2 rings (SSSR count). The zero-order valence-corrected chi connectivity index (χ0v) is 13.9. The highest BCUT2D eigenvalue weighted by atomic mass is 79.9. The van der Waals surface area contributed by atoms with Crippen molar-refractivity contribution in [2.24, 2.45) is 4.99 Å². The van der Waals surface area contributed by atoms with Gasteiger partial charge in [-0.25, -0.2) is 4.39 Å². The van der Waals surface area contributed by atoms with Crippen molar-refractivity contribution in [2.45, 2.75) is 24.6 Å². The summed E-state index contributed by atoms with van der Waals surface area (Å²) in [5, 5.41) is 7.21. The van der Waals surface area contributed by atoms with E-state index in [1.165, 1.54) is 24.7 Å². The first-order valence-corrected chi connectivity index (χ1v) is 8.53. The minimum Gasteiger partial charge on any atom is -0.355 e. The standard InChI is InChI=1S/C14H19BrFN3S/c1-17-14(19-9-11-3-2-6-20-11)18-8-10-4-5-12(15)13(16)7-10/h4-5,7,11H,2-3,6,8-9H2,1H3,(H2,17,18,19). The molecule has 0 spiro atoms. The van der Waals surface area contributed by atoms with Gasteiger partial charge in [0.1, 0.15) is 5.82 Å². The number of thioether (sulfide) groups is 1. The largest absolute Gasteiger partial charge is 0.355 e. The van der Waals surface area contributed by atoms with Gasteiger partial charge >= 0.3 is 0 Å². The third-order valence-electron chi connectivity index (χ3n) is 3.19. The van der Waals surface area contributed by atoms with Gasteiger partial charge in [-0.2, -0.15) is 11.8 Å². The highest BCUT2D eigenvalue weighted by Crippen LogP contribution is 2.25. The maximum Gasteiger partial charge on any atom is 0.191 e. The summed E-state index contributed by atoms with van der Waals surface area (Å²) >= 11 is 5.16. The van der Waals surface area contributed by atoms with Crippen LogP contribution in [0.1, 0.15) is 18.4 Å². The lowest BCUT2D eigenvalue weighted by Crippen LogP contribution is -2.39. The number of nitrogens with one attached hydrogen (secondary N) is 2. The van der Waals surface area contributed by atoms with Gasteiger partial charge < -0.3 is 10.6 Å². The molecule has 1 saturated heterocycles.